The van der Waals surface area contributed by atoms with Crippen LogP contribution in [0.15, 0.2) is 42.7 Å². The summed E-state index contributed by atoms with van der Waals surface area (Å²) in [5.41, 5.74) is 5.15. The normalized spacial score (nSPS) is 25.7. The number of aromatic amines is 1. The van der Waals surface area contributed by atoms with Crippen LogP contribution in [0.5, 0.6) is 5.88 Å². The van der Waals surface area contributed by atoms with Crippen LogP contribution in [0.3, 0.4) is 0 Å². The Morgan fingerprint density at radius 1 is 1.28 bits per heavy atom. The maximum Gasteiger partial charge on any atom is 0.210 e. The summed E-state index contributed by atoms with van der Waals surface area (Å²) in [5.74, 6) is 0.596. The van der Waals surface area contributed by atoms with E-state index in [1.807, 2.05) is 6.07 Å². The highest BCUT2D eigenvalue weighted by Crippen LogP contribution is 2.43. The van der Waals surface area contributed by atoms with E-state index < -0.39 is 0 Å². The van der Waals surface area contributed by atoms with Crippen LogP contribution in [0.2, 0.25) is 0 Å². The van der Waals surface area contributed by atoms with Crippen LogP contribution in [0.25, 0.3) is 10.9 Å². The predicted molar refractivity (Wildman–Crippen MR) is 99.1 cm³/mol. The van der Waals surface area contributed by atoms with Crippen molar-refractivity contribution in [3.05, 3.63) is 53.9 Å². The zero-order chi connectivity index (χ0) is 17.0. The van der Waals surface area contributed by atoms with Crippen LogP contribution in [0.1, 0.15) is 23.5 Å². The number of piperidine rings is 1. The molecule has 3 heterocycles. The number of nitrogens with zero attached hydrogens (tertiary/aromatic N) is 2. The summed E-state index contributed by atoms with van der Waals surface area (Å²) in [6.07, 6.45) is 6.11. The van der Waals surface area contributed by atoms with Crippen LogP contribution >= 0.6 is 0 Å². The first kappa shape index (κ1) is 14.8. The first-order valence-corrected chi connectivity index (χ1v) is 8.90. The molecule has 0 radical (unpaired) electrons. The molecule has 3 atom stereocenters. The number of benzene rings is 1. The van der Waals surface area contributed by atoms with Gasteiger partial charge in [0, 0.05) is 47.7 Å². The van der Waals surface area contributed by atoms with Crippen molar-refractivity contribution in [2.45, 2.75) is 30.8 Å². The highest BCUT2D eigenvalue weighted by atomic mass is 16.3. The standard InChI is InChI=1S/C20H22N4O/c1-24-11-14(23-13-5-6-19(25)22-10-13)8-16-15-3-2-4-17-20(15)12(9-21-17)7-18(16)24/h2-6,9-10,14,16,18,21,23H,7-8,11H2,1H3,(H,22,25)/t14-,16?,18+/m0/s1. The van der Waals surface area contributed by atoms with Crippen molar-refractivity contribution in [2.24, 2.45) is 0 Å². The number of likely N-dealkylation sites (tertiary alicyclic amines) is 1. The summed E-state index contributed by atoms with van der Waals surface area (Å²) in [7, 11) is 2.23. The number of pyridine rings is 1. The molecule has 1 fully saturated rings. The molecule has 5 nitrogen and oxygen atoms in total. The minimum Gasteiger partial charge on any atom is -0.493 e. The molecule has 0 amide bonds. The molecule has 2 aromatic heterocycles. The number of likely N-dealkylation sites (N-methyl/N-ethyl adjacent to an activating group) is 1. The van der Waals surface area contributed by atoms with E-state index in [-0.39, 0.29) is 5.88 Å². The molecule has 25 heavy (non-hydrogen) atoms. The van der Waals surface area contributed by atoms with Crippen molar-refractivity contribution in [3.8, 4) is 5.88 Å². The van der Waals surface area contributed by atoms with Gasteiger partial charge >= 0.3 is 0 Å². The summed E-state index contributed by atoms with van der Waals surface area (Å²) in [5, 5.41) is 14.4. The van der Waals surface area contributed by atoms with Gasteiger partial charge in [-0.2, -0.15) is 0 Å². The van der Waals surface area contributed by atoms with Crippen molar-refractivity contribution < 1.29 is 5.11 Å². The largest absolute Gasteiger partial charge is 0.493 e. The number of hydrogen-bond acceptors (Lipinski definition) is 4. The topological polar surface area (TPSA) is 64.2 Å². The van der Waals surface area contributed by atoms with Gasteiger partial charge in [-0.3, -0.25) is 0 Å². The molecule has 5 rings (SSSR count). The average Bonchev–Trinajstić information content (AvgIpc) is 3.03. The van der Waals surface area contributed by atoms with E-state index in [0.717, 1.165) is 25.1 Å². The Morgan fingerprint density at radius 2 is 2.20 bits per heavy atom. The van der Waals surface area contributed by atoms with Gasteiger partial charge in [-0.25, -0.2) is 4.98 Å². The maximum atomic E-state index is 9.37. The Morgan fingerprint density at radius 3 is 3.04 bits per heavy atom. The highest BCUT2D eigenvalue weighted by Gasteiger charge is 2.39. The minimum absolute atomic E-state index is 0.0605. The molecular formula is C20H22N4O. The summed E-state index contributed by atoms with van der Waals surface area (Å²) in [6, 6.07) is 11.1. The number of nitrogens with one attached hydrogen (secondary N) is 2. The monoisotopic (exact) mass is 334 g/mol. The number of anilines is 1. The third kappa shape index (κ3) is 2.38. The molecule has 1 aromatic carbocycles. The van der Waals surface area contributed by atoms with E-state index in [2.05, 4.69) is 51.6 Å². The summed E-state index contributed by atoms with van der Waals surface area (Å²) in [4.78, 5) is 9.90. The fourth-order valence-electron chi connectivity index (χ4n) is 4.75. The molecule has 1 saturated heterocycles. The first-order chi connectivity index (χ1) is 12.2. The van der Waals surface area contributed by atoms with Gasteiger partial charge in [0.15, 0.2) is 0 Å². The Bertz CT molecular complexity index is 917. The van der Waals surface area contributed by atoms with Crippen molar-refractivity contribution in [1.82, 2.24) is 14.9 Å². The lowest BCUT2D eigenvalue weighted by molar-refractivity contribution is 0.147. The molecule has 1 unspecified atom stereocenters. The summed E-state index contributed by atoms with van der Waals surface area (Å²) in [6.45, 7) is 1.01. The second kappa shape index (κ2) is 5.49. The smallest absolute Gasteiger partial charge is 0.210 e. The molecule has 128 valence electrons. The van der Waals surface area contributed by atoms with E-state index in [9.17, 15) is 5.11 Å². The van der Waals surface area contributed by atoms with Crippen LogP contribution in [0, 0.1) is 0 Å². The Hall–Kier alpha value is -2.53. The summed E-state index contributed by atoms with van der Waals surface area (Å²) >= 11 is 0. The van der Waals surface area contributed by atoms with Crippen molar-refractivity contribution in [1.29, 1.82) is 0 Å². The minimum atomic E-state index is 0.0605. The number of fused-ring (bicyclic) bond motifs is 2. The number of aromatic hydroxyl groups is 1. The highest BCUT2D eigenvalue weighted by molar-refractivity contribution is 5.88. The predicted octanol–water partition coefficient (Wildman–Crippen LogP) is 3.09. The quantitative estimate of drug-likeness (QED) is 0.674. The SMILES string of the molecule is CN1C[C@@H](Nc2ccc(O)nc2)CC2c3cccc4[nH]cc(c34)C[C@H]21. The van der Waals surface area contributed by atoms with Crippen molar-refractivity contribution in [3.63, 3.8) is 0 Å². The fourth-order valence-corrected chi connectivity index (χ4v) is 4.75. The third-order valence-corrected chi connectivity index (χ3v) is 5.84. The molecule has 1 aliphatic heterocycles. The Kier molecular flexibility index (Phi) is 3.25. The van der Waals surface area contributed by atoms with E-state index in [1.165, 1.54) is 22.0 Å². The maximum absolute atomic E-state index is 9.37. The van der Waals surface area contributed by atoms with E-state index in [1.54, 1.807) is 12.3 Å². The van der Waals surface area contributed by atoms with Crippen LogP contribution in [-0.2, 0) is 6.42 Å². The Labute approximate surface area is 146 Å². The van der Waals surface area contributed by atoms with Crippen LogP contribution in [0.4, 0.5) is 5.69 Å². The van der Waals surface area contributed by atoms with Gasteiger partial charge < -0.3 is 20.3 Å². The van der Waals surface area contributed by atoms with E-state index in [4.69, 9.17) is 0 Å². The lowest BCUT2D eigenvalue weighted by Gasteiger charge is -2.45. The van der Waals surface area contributed by atoms with Crippen LogP contribution in [-0.4, -0.2) is 45.7 Å². The van der Waals surface area contributed by atoms with Crippen molar-refractivity contribution >= 4 is 16.6 Å². The van der Waals surface area contributed by atoms with E-state index >= 15 is 0 Å². The van der Waals surface area contributed by atoms with E-state index in [0.29, 0.717) is 18.0 Å². The van der Waals surface area contributed by atoms with Gasteiger partial charge in [0.05, 0.1) is 11.9 Å². The van der Waals surface area contributed by atoms with Gasteiger partial charge in [-0.15, -0.1) is 0 Å². The molecular weight excluding hydrogens is 312 g/mol. The molecule has 2 aliphatic rings. The Balaban J connectivity index is 1.47. The molecule has 0 bridgehead atoms. The number of aromatic nitrogens is 2. The molecule has 1 aliphatic carbocycles. The first-order valence-electron chi connectivity index (χ1n) is 8.90. The van der Waals surface area contributed by atoms with Crippen molar-refractivity contribution in [2.75, 3.05) is 18.9 Å². The summed E-state index contributed by atoms with van der Waals surface area (Å²) < 4.78 is 0. The zero-order valence-electron chi connectivity index (χ0n) is 14.2. The van der Waals surface area contributed by atoms with Crippen LogP contribution < -0.4 is 5.32 Å². The average molecular weight is 334 g/mol. The molecule has 3 aromatic rings. The second-order valence-electron chi connectivity index (χ2n) is 7.38. The number of rotatable bonds is 2. The van der Waals surface area contributed by atoms with Gasteiger partial charge in [0.1, 0.15) is 0 Å². The second-order valence-corrected chi connectivity index (χ2v) is 7.38. The third-order valence-electron chi connectivity index (χ3n) is 5.84. The molecule has 0 spiro atoms. The molecule has 5 heteroatoms. The zero-order valence-corrected chi connectivity index (χ0v) is 14.2. The van der Waals surface area contributed by atoms with Gasteiger partial charge in [0.25, 0.3) is 0 Å². The van der Waals surface area contributed by atoms with Gasteiger partial charge in [0.2, 0.25) is 5.88 Å². The van der Waals surface area contributed by atoms with Gasteiger partial charge in [-0.05, 0) is 43.1 Å². The fraction of sp³-hybridized carbons (Fsp3) is 0.350. The number of H-pyrrole nitrogens is 1. The van der Waals surface area contributed by atoms with Gasteiger partial charge in [-0.1, -0.05) is 12.1 Å². The lowest BCUT2D eigenvalue weighted by atomic mass is 9.74. The number of hydrogen-bond donors (Lipinski definition) is 3. The lowest BCUT2D eigenvalue weighted by Crippen LogP contribution is -2.51. The molecule has 0 saturated carbocycles. The molecule has 3 N–H and O–H groups in total.